The van der Waals surface area contributed by atoms with Crippen molar-refractivity contribution < 1.29 is 21.6 Å². The molecule has 0 bridgehead atoms. The summed E-state index contributed by atoms with van der Waals surface area (Å²) in [5, 5.41) is 0. The van der Waals surface area contributed by atoms with E-state index in [2.05, 4.69) is 4.72 Å². The van der Waals surface area contributed by atoms with Gasteiger partial charge in [-0.1, -0.05) is 0 Å². The molecule has 0 unspecified atom stereocenters. The first-order chi connectivity index (χ1) is 7.62. The standard InChI is InChI=1S/C9H17F3N2O2S/c10-9(11,12)5-2-6-17(15,16)14-7-8(13)3-1-4-8/h14H,1-7,13H2. The molecule has 0 atom stereocenters. The predicted octanol–water partition coefficient (Wildman–Crippen LogP) is 1.13. The normalized spacial score (nSPS) is 20.0. The predicted molar refractivity (Wildman–Crippen MR) is 57.8 cm³/mol. The molecule has 17 heavy (non-hydrogen) atoms. The lowest BCUT2D eigenvalue weighted by atomic mass is 9.78. The molecule has 1 saturated carbocycles. The molecule has 1 aliphatic rings. The number of nitrogens with two attached hydrogens (primary N) is 1. The molecule has 0 aromatic rings. The largest absolute Gasteiger partial charge is 0.389 e. The second kappa shape index (κ2) is 5.11. The molecule has 0 saturated heterocycles. The van der Waals surface area contributed by atoms with Crippen LogP contribution in [0.5, 0.6) is 0 Å². The van der Waals surface area contributed by atoms with Crippen molar-refractivity contribution in [1.82, 2.24) is 4.72 Å². The summed E-state index contributed by atoms with van der Waals surface area (Å²) in [5.74, 6) is -0.511. The summed E-state index contributed by atoms with van der Waals surface area (Å²) in [5.41, 5.74) is 5.30. The Morgan fingerprint density at radius 2 is 1.88 bits per heavy atom. The van der Waals surface area contributed by atoms with E-state index in [1.165, 1.54) is 0 Å². The van der Waals surface area contributed by atoms with Crippen LogP contribution in [-0.4, -0.2) is 32.4 Å². The monoisotopic (exact) mass is 274 g/mol. The summed E-state index contributed by atoms with van der Waals surface area (Å²) >= 11 is 0. The van der Waals surface area contributed by atoms with Crippen molar-refractivity contribution in [2.75, 3.05) is 12.3 Å². The maximum absolute atomic E-state index is 11.8. The summed E-state index contributed by atoms with van der Waals surface area (Å²) in [6.45, 7) is 0.112. The van der Waals surface area contributed by atoms with Crippen molar-refractivity contribution in [3.05, 3.63) is 0 Å². The van der Waals surface area contributed by atoms with Crippen molar-refractivity contribution in [2.24, 2.45) is 5.73 Å². The van der Waals surface area contributed by atoms with Crippen LogP contribution < -0.4 is 10.5 Å². The van der Waals surface area contributed by atoms with Crippen molar-refractivity contribution in [3.8, 4) is 0 Å². The van der Waals surface area contributed by atoms with Gasteiger partial charge in [-0.15, -0.1) is 0 Å². The molecule has 0 amide bonds. The molecule has 1 rings (SSSR count). The van der Waals surface area contributed by atoms with Gasteiger partial charge in [0, 0.05) is 18.5 Å². The minimum atomic E-state index is -4.31. The van der Waals surface area contributed by atoms with Gasteiger partial charge in [0.15, 0.2) is 0 Å². The highest BCUT2D eigenvalue weighted by Gasteiger charge is 2.33. The van der Waals surface area contributed by atoms with Gasteiger partial charge < -0.3 is 5.73 Å². The van der Waals surface area contributed by atoms with Crippen LogP contribution in [0, 0.1) is 0 Å². The molecule has 102 valence electrons. The van der Waals surface area contributed by atoms with Gasteiger partial charge >= 0.3 is 6.18 Å². The van der Waals surface area contributed by atoms with Crippen LogP contribution in [0.2, 0.25) is 0 Å². The molecule has 0 spiro atoms. The van der Waals surface area contributed by atoms with Gasteiger partial charge in [0.05, 0.1) is 5.75 Å². The van der Waals surface area contributed by atoms with Crippen LogP contribution in [0.3, 0.4) is 0 Å². The minimum absolute atomic E-state index is 0.112. The van der Waals surface area contributed by atoms with Crippen molar-refractivity contribution in [1.29, 1.82) is 0 Å². The number of halogens is 3. The Labute approximate surface area is 98.8 Å². The zero-order valence-electron chi connectivity index (χ0n) is 9.39. The Morgan fingerprint density at radius 1 is 1.29 bits per heavy atom. The third kappa shape index (κ3) is 5.69. The van der Waals surface area contributed by atoms with E-state index in [1.807, 2.05) is 0 Å². The Balaban J connectivity index is 2.26. The topological polar surface area (TPSA) is 72.2 Å². The second-order valence-corrected chi connectivity index (χ2v) is 6.50. The second-order valence-electron chi connectivity index (χ2n) is 4.57. The van der Waals surface area contributed by atoms with Crippen LogP contribution in [0.25, 0.3) is 0 Å². The first-order valence-electron chi connectivity index (χ1n) is 5.45. The maximum atomic E-state index is 11.8. The van der Waals surface area contributed by atoms with E-state index in [-0.39, 0.29) is 6.54 Å². The van der Waals surface area contributed by atoms with E-state index in [0.29, 0.717) is 0 Å². The molecule has 3 N–H and O–H groups in total. The van der Waals surface area contributed by atoms with Gasteiger partial charge in [-0.2, -0.15) is 13.2 Å². The lowest BCUT2D eigenvalue weighted by molar-refractivity contribution is -0.134. The number of hydrogen-bond acceptors (Lipinski definition) is 3. The molecule has 0 heterocycles. The zero-order chi connectivity index (χ0) is 13.2. The summed E-state index contributed by atoms with van der Waals surface area (Å²) in [6.07, 6.45) is -3.35. The minimum Gasteiger partial charge on any atom is -0.324 e. The fourth-order valence-electron chi connectivity index (χ4n) is 1.60. The van der Waals surface area contributed by atoms with Crippen LogP contribution in [-0.2, 0) is 10.0 Å². The Kier molecular flexibility index (Phi) is 4.43. The smallest absolute Gasteiger partial charge is 0.324 e. The van der Waals surface area contributed by atoms with E-state index < -0.39 is 40.3 Å². The van der Waals surface area contributed by atoms with Gasteiger partial charge in [0.2, 0.25) is 10.0 Å². The molecule has 1 aliphatic carbocycles. The zero-order valence-corrected chi connectivity index (χ0v) is 10.2. The van der Waals surface area contributed by atoms with E-state index in [9.17, 15) is 21.6 Å². The average Bonchev–Trinajstić information content (AvgIpc) is 2.09. The SMILES string of the molecule is NC1(CNS(=O)(=O)CCCC(F)(F)F)CCC1. The van der Waals surface area contributed by atoms with E-state index in [1.54, 1.807) is 0 Å². The molecule has 8 heteroatoms. The molecule has 0 aromatic heterocycles. The lowest BCUT2D eigenvalue weighted by Gasteiger charge is -2.38. The van der Waals surface area contributed by atoms with Crippen LogP contribution in [0.15, 0.2) is 0 Å². The molecule has 0 radical (unpaired) electrons. The first-order valence-corrected chi connectivity index (χ1v) is 7.10. The van der Waals surface area contributed by atoms with E-state index >= 15 is 0 Å². The Bertz CT molecular complexity index is 350. The van der Waals surface area contributed by atoms with Gasteiger partial charge in [-0.3, -0.25) is 0 Å². The van der Waals surface area contributed by atoms with Crippen LogP contribution in [0.4, 0.5) is 13.2 Å². The third-order valence-electron chi connectivity index (χ3n) is 2.87. The number of sulfonamides is 1. The van der Waals surface area contributed by atoms with Gasteiger partial charge in [0.1, 0.15) is 0 Å². The van der Waals surface area contributed by atoms with Gasteiger partial charge in [-0.05, 0) is 25.7 Å². The van der Waals surface area contributed by atoms with E-state index in [4.69, 9.17) is 5.73 Å². The summed E-state index contributed by atoms with van der Waals surface area (Å²) in [4.78, 5) is 0. The number of rotatable bonds is 6. The fourth-order valence-corrected chi connectivity index (χ4v) is 2.77. The van der Waals surface area contributed by atoms with E-state index in [0.717, 1.165) is 19.3 Å². The molecule has 1 fully saturated rings. The lowest BCUT2D eigenvalue weighted by Crippen LogP contribution is -2.55. The highest BCUT2D eigenvalue weighted by Crippen LogP contribution is 2.28. The first kappa shape index (κ1) is 14.7. The number of hydrogen-bond donors (Lipinski definition) is 2. The third-order valence-corrected chi connectivity index (χ3v) is 4.28. The van der Waals surface area contributed by atoms with Gasteiger partial charge in [-0.25, -0.2) is 13.1 Å². The van der Waals surface area contributed by atoms with Crippen molar-refractivity contribution >= 4 is 10.0 Å². The fraction of sp³-hybridized carbons (Fsp3) is 1.00. The highest BCUT2D eigenvalue weighted by atomic mass is 32.2. The molecular weight excluding hydrogens is 257 g/mol. The Hall–Kier alpha value is -0.340. The summed E-state index contributed by atoms with van der Waals surface area (Å²) in [7, 11) is -3.64. The molecular formula is C9H17F3N2O2S. The Morgan fingerprint density at radius 3 is 2.29 bits per heavy atom. The average molecular weight is 274 g/mol. The summed E-state index contributed by atoms with van der Waals surface area (Å²) in [6, 6.07) is 0. The quantitative estimate of drug-likeness (QED) is 0.762. The van der Waals surface area contributed by atoms with Crippen molar-refractivity contribution in [3.63, 3.8) is 0 Å². The van der Waals surface area contributed by atoms with Crippen LogP contribution in [0.1, 0.15) is 32.1 Å². The number of nitrogens with one attached hydrogen (secondary N) is 1. The molecule has 0 aliphatic heterocycles. The summed E-state index contributed by atoms with van der Waals surface area (Å²) < 4.78 is 60.5. The van der Waals surface area contributed by atoms with Crippen molar-refractivity contribution in [2.45, 2.75) is 43.8 Å². The number of alkyl halides is 3. The van der Waals surface area contributed by atoms with Gasteiger partial charge in [0.25, 0.3) is 0 Å². The van der Waals surface area contributed by atoms with Crippen LogP contribution >= 0.6 is 0 Å². The molecule has 0 aromatic carbocycles. The molecule has 4 nitrogen and oxygen atoms in total. The highest BCUT2D eigenvalue weighted by molar-refractivity contribution is 7.89. The maximum Gasteiger partial charge on any atom is 0.389 e.